The molecule has 2 N–H and O–H groups in total. The molecule has 0 saturated carbocycles. The van der Waals surface area contributed by atoms with Gasteiger partial charge in [-0.15, -0.1) is 11.8 Å². The number of hydrogen-bond acceptors (Lipinski definition) is 5. The maximum Gasteiger partial charge on any atom is 0.261 e. The standard InChI is InChI=1S/C29H23Cl2N3O4S2/c30-22-11-5-19(6-12-22)17-34-27(35)18-39-29(34)21-9-7-20(8-10-21)28(36)32-23-13-15-24(16-14-23)40(37,38)33-26-4-2-1-3-25(26)31/h1-16,29,33H,17-18H2,(H,32,36)/t29-/m1/s1. The number of thioether (sulfide) groups is 1. The Morgan fingerprint density at radius 3 is 2.25 bits per heavy atom. The van der Waals surface area contributed by atoms with Crippen molar-refractivity contribution in [3.63, 3.8) is 0 Å². The van der Waals surface area contributed by atoms with Gasteiger partial charge in [0, 0.05) is 22.8 Å². The molecule has 40 heavy (non-hydrogen) atoms. The molecule has 0 aliphatic carbocycles. The van der Waals surface area contributed by atoms with Crippen molar-refractivity contribution in [1.29, 1.82) is 0 Å². The Labute approximate surface area is 246 Å². The number of nitrogens with zero attached hydrogens (tertiary/aromatic N) is 1. The number of anilines is 2. The van der Waals surface area contributed by atoms with Gasteiger partial charge in [0.05, 0.1) is 21.4 Å². The number of nitrogens with one attached hydrogen (secondary N) is 2. The first-order chi connectivity index (χ1) is 19.2. The molecule has 4 aromatic carbocycles. The van der Waals surface area contributed by atoms with Gasteiger partial charge in [0.15, 0.2) is 0 Å². The highest BCUT2D eigenvalue weighted by atomic mass is 35.5. The van der Waals surface area contributed by atoms with Gasteiger partial charge in [0.1, 0.15) is 5.37 Å². The van der Waals surface area contributed by atoms with E-state index in [1.54, 1.807) is 60.3 Å². The second-order valence-corrected chi connectivity index (χ2v) is 12.6. The quantitative estimate of drug-likeness (QED) is 0.228. The van der Waals surface area contributed by atoms with Crippen molar-refractivity contribution in [3.05, 3.63) is 124 Å². The van der Waals surface area contributed by atoms with E-state index in [4.69, 9.17) is 23.2 Å². The summed E-state index contributed by atoms with van der Waals surface area (Å²) in [5, 5.41) is 3.55. The highest BCUT2D eigenvalue weighted by Crippen LogP contribution is 2.39. The molecule has 0 radical (unpaired) electrons. The number of carbonyl (C=O) groups excluding carboxylic acids is 2. The second-order valence-electron chi connectivity index (χ2n) is 9.00. The zero-order valence-electron chi connectivity index (χ0n) is 20.9. The Kier molecular flexibility index (Phi) is 8.37. The van der Waals surface area contributed by atoms with Crippen LogP contribution in [0, 0.1) is 0 Å². The smallest absolute Gasteiger partial charge is 0.261 e. The van der Waals surface area contributed by atoms with E-state index >= 15 is 0 Å². The fourth-order valence-electron chi connectivity index (χ4n) is 4.16. The van der Waals surface area contributed by atoms with E-state index in [1.807, 2.05) is 29.2 Å². The van der Waals surface area contributed by atoms with Crippen molar-refractivity contribution in [2.45, 2.75) is 16.8 Å². The summed E-state index contributed by atoms with van der Waals surface area (Å²) >= 11 is 13.6. The molecule has 0 aromatic heterocycles. The monoisotopic (exact) mass is 611 g/mol. The Balaban J connectivity index is 1.23. The van der Waals surface area contributed by atoms with Gasteiger partial charge in [-0.25, -0.2) is 8.42 Å². The molecule has 11 heteroatoms. The number of benzene rings is 4. The van der Waals surface area contributed by atoms with E-state index in [0.29, 0.717) is 28.6 Å². The lowest BCUT2D eigenvalue weighted by Crippen LogP contribution is -2.27. The van der Waals surface area contributed by atoms with Crippen LogP contribution in [0.3, 0.4) is 0 Å². The first-order valence-electron chi connectivity index (χ1n) is 12.1. The van der Waals surface area contributed by atoms with Crippen LogP contribution in [0.4, 0.5) is 11.4 Å². The zero-order chi connectivity index (χ0) is 28.3. The summed E-state index contributed by atoms with van der Waals surface area (Å²) in [4.78, 5) is 27.3. The molecule has 1 saturated heterocycles. The Morgan fingerprint density at radius 1 is 0.900 bits per heavy atom. The van der Waals surface area contributed by atoms with Crippen molar-refractivity contribution in [2.75, 3.05) is 15.8 Å². The summed E-state index contributed by atoms with van der Waals surface area (Å²) in [6.07, 6.45) is 0. The second kappa shape index (κ2) is 11.9. The molecule has 4 aromatic rings. The Morgan fingerprint density at radius 2 is 1.57 bits per heavy atom. The lowest BCUT2D eigenvalue weighted by atomic mass is 10.1. The van der Waals surface area contributed by atoms with Crippen molar-refractivity contribution < 1.29 is 18.0 Å². The molecule has 1 aliphatic rings. The van der Waals surface area contributed by atoms with Crippen LogP contribution in [0.15, 0.2) is 102 Å². The average Bonchev–Trinajstić information content (AvgIpc) is 3.31. The van der Waals surface area contributed by atoms with Gasteiger partial charge >= 0.3 is 0 Å². The summed E-state index contributed by atoms with van der Waals surface area (Å²) in [5.74, 6) is 0.101. The molecule has 0 bridgehead atoms. The van der Waals surface area contributed by atoms with Crippen molar-refractivity contribution in [1.82, 2.24) is 4.90 Å². The third-order valence-corrected chi connectivity index (χ3v) is 9.45. The summed E-state index contributed by atoms with van der Waals surface area (Å²) in [6, 6.07) is 26.9. The lowest BCUT2D eigenvalue weighted by molar-refractivity contribution is -0.128. The number of halogens is 2. The first kappa shape index (κ1) is 28.0. The molecule has 1 heterocycles. The van der Waals surface area contributed by atoms with Gasteiger partial charge in [-0.2, -0.15) is 0 Å². The Bertz CT molecular complexity index is 1650. The maximum absolute atomic E-state index is 12.9. The van der Waals surface area contributed by atoms with Crippen LogP contribution in [0.5, 0.6) is 0 Å². The molecular weight excluding hydrogens is 589 g/mol. The number of hydrogen-bond donors (Lipinski definition) is 2. The number of carbonyl (C=O) groups is 2. The van der Waals surface area contributed by atoms with Crippen LogP contribution >= 0.6 is 35.0 Å². The van der Waals surface area contributed by atoms with Crippen LogP contribution in [0.2, 0.25) is 10.0 Å². The summed E-state index contributed by atoms with van der Waals surface area (Å²) in [7, 11) is -3.86. The van der Waals surface area contributed by atoms with E-state index in [1.165, 1.54) is 24.3 Å². The predicted octanol–water partition coefficient (Wildman–Crippen LogP) is 6.82. The van der Waals surface area contributed by atoms with Crippen molar-refractivity contribution >= 4 is 68.2 Å². The molecule has 1 aliphatic heterocycles. The summed E-state index contributed by atoms with van der Waals surface area (Å²) in [6.45, 7) is 0.468. The third kappa shape index (κ3) is 6.45. The number of amides is 2. The molecule has 1 atom stereocenters. The topological polar surface area (TPSA) is 95.6 Å². The fraction of sp³-hybridized carbons (Fsp3) is 0.103. The van der Waals surface area contributed by atoms with Crippen LogP contribution in [0.1, 0.15) is 26.9 Å². The van der Waals surface area contributed by atoms with E-state index in [9.17, 15) is 18.0 Å². The molecule has 0 unspecified atom stereocenters. The van der Waals surface area contributed by atoms with Crippen molar-refractivity contribution in [2.24, 2.45) is 0 Å². The molecular formula is C29H23Cl2N3O4S2. The lowest BCUT2D eigenvalue weighted by Gasteiger charge is -2.24. The molecule has 2 amide bonds. The van der Waals surface area contributed by atoms with Crippen LogP contribution < -0.4 is 10.0 Å². The van der Waals surface area contributed by atoms with Gasteiger partial charge in [0.2, 0.25) is 5.91 Å². The van der Waals surface area contributed by atoms with Gasteiger partial charge in [-0.1, -0.05) is 59.6 Å². The average molecular weight is 613 g/mol. The van der Waals surface area contributed by atoms with Gasteiger partial charge < -0.3 is 10.2 Å². The van der Waals surface area contributed by atoms with E-state index < -0.39 is 10.0 Å². The molecule has 0 spiro atoms. The van der Waals surface area contributed by atoms with Gasteiger partial charge in [0.25, 0.3) is 15.9 Å². The van der Waals surface area contributed by atoms with Crippen molar-refractivity contribution in [3.8, 4) is 0 Å². The minimum Gasteiger partial charge on any atom is -0.322 e. The maximum atomic E-state index is 12.9. The highest BCUT2D eigenvalue weighted by Gasteiger charge is 2.32. The number of sulfonamides is 1. The summed E-state index contributed by atoms with van der Waals surface area (Å²) in [5.41, 5.74) is 3.05. The number of rotatable bonds is 8. The van der Waals surface area contributed by atoms with Crippen LogP contribution in [0.25, 0.3) is 0 Å². The van der Waals surface area contributed by atoms with E-state index in [-0.39, 0.29) is 32.8 Å². The molecule has 5 rings (SSSR count). The van der Waals surface area contributed by atoms with Crippen LogP contribution in [-0.2, 0) is 21.4 Å². The van der Waals surface area contributed by atoms with E-state index in [0.717, 1.165) is 11.1 Å². The SMILES string of the molecule is O=C(Nc1ccc(S(=O)(=O)Nc2ccccc2Cl)cc1)c1ccc([C@H]2SCC(=O)N2Cc2ccc(Cl)cc2)cc1. The van der Waals surface area contributed by atoms with Gasteiger partial charge in [-0.3, -0.25) is 14.3 Å². The van der Waals surface area contributed by atoms with E-state index in [2.05, 4.69) is 10.0 Å². The predicted molar refractivity (Wildman–Crippen MR) is 160 cm³/mol. The molecule has 204 valence electrons. The Hall–Kier alpha value is -3.50. The molecule has 1 fully saturated rings. The zero-order valence-corrected chi connectivity index (χ0v) is 24.0. The van der Waals surface area contributed by atoms with Gasteiger partial charge in [-0.05, 0) is 71.8 Å². The summed E-state index contributed by atoms with van der Waals surface area (Å²) < 4.78 is 27.9. The highest BCUT2D eigenvalue weighted by molar-refractivity contribution is 8.00. The molecule has 7 nitrogen and oxygen atoms in total. The fourth-order valence-corrected chi connectivity index (χ4v) is 6.79. The minimum absolute atomic E-state index is 0.0292. The minimum atomic E-state index is -3.86. The normalized spacial score (nSPS) is 15.2. The number of para-hydroxylation sites is 1. The third-order valence-electron chi connectivity index (χ3n) is 6.23. The first-order valence-corrected chi connectivity index (χ1v) is 15.4. The largest absolute Gasteiger partial charge is 0.322 e. The van der Waals surface area contributed by atoms with Crippen LogP contribution in [-0.4, -0.2) is 30.9 Å².